The van der Waals surface area contributed by atoms with Crippen LogP contribution in [0.1, 0.15) is 76.0 Å². The Hall–Kier alpha value is -2.55. The summed E-state index contributed by atoms with van der Waals surface area (Å²) in [5, 5.41) is 9.76. The van der Waals surface area contributed by atoms with E-state index in [1.165, 1.54) is 69.5 Å². The van der Waals surface area contributed by atoms with Gasteiger partial charge in [0.05, 0.1) is 11.7 Å². The molecule has 0 atom stereocenters. The minimum atomic E-state index is 0.383. The van der Waals surface area contributed by atoms with Crippen LogP contribution >= 0.6 is 0 Å². The zero-order valence-corrected chi connectivity index (χ0v) is 26.7. The molecule has 0 radical (unpaired) electrons. The van der Waals surface area contributed by atoms with Crippen LogP contribution in [0.4, 0.5) is 5.69 Å². The van der Waals surface area contributed by atoms with Crippen molar-refractivity contribution in [1.82, 2.24) is 14.8 Å². The van der Waals surface area contributed by atoms with Crippen LogP contribution in [0.5, 0.6) is 0 Å². The van der Waals surface area contributed by atoms with Crippen LogP contribution < -0.4 is 5.32 Å². The molecule has 1 aliphatic heterocycles. The van der Waals surface area contributed by atoms with Gasteiger partial charge in [-0.25, -0.2) is 0 Å². The zero-order valence-electron chi connectivity index (χ0n) is 26.7. The number of ether oxygens (including phenoxy) is 1. The van der Waals surface area contributed by atoms with E-state index in [0.29, 0.717) is 6.04 Å². The number of benzene rings is 1. The number of methoxy groups -OCH3 is 1. The standard InChI is InChI=1S/C18H25N3O.C11H24N2O.C2H6.CH2O/c1-5-20-21(15-7-6-8-15)18(9-10-22)16-11-13(2)14(3)12-17(16)19-4;1-12-6-5-8-13(10-9-12)7-3-4-11-14-2;2*1-2/h5,9-12,15,19H,6-8H2,1-4H3;3-11H2,1-2H3;1-2H3;1H2/b18-9+,20-5-;;;. The van der Waals surface area contributed by atoms with Crippen molar-refractivity contribution in [2.75, 3.05) is 65.9 Å². The van der Waals surface area contributed by atoms with Gasteiger partial charge in [0.1, 0.15) is 13.1 Å². The molecule has 1 heterocycles. The van der Waals surface area contributed by atoms with Crippen molar-refractivity contribution in [3.05, 3.63) is 34.9 Å². The number of likely N-dealkylation sites (N-methyl/N-ethyl adjacent to an activating group) is 1. The van der Waals surface area contributed by atoms with Crippen LogP contribution in [0.3, 0.4) is 0 Å². The molecular formula is C32H57N5O3. The molecule has 2 aliphatic rings. The number of hydrazone groups is 1. The maximum Gasteiger partial charge on any atom is 0.144 e. The Kier molecular flexibility index (Phi) is 21.7. The first-order valence-electron chi connectivity index (χ1n) is 14.9. The van der Waals surface area contributed by atoms with Gasteiger partial charge in [-0.15, -0.1) is 0 Å². The third-order valence-corrected chi connectivity index (χ3v) is 7.20. The number of hydrogen-bond acceptors (Lipinski definition) is 8. The van der Waals surface area contributed by atoms with Gasteiger partial charge in [-0.05, 0) is 109 Å². The molecule has 0 spiro atoms. The monoisotopic (exact) mass is 559 g/mol. The quantitative estimate of drug-likeness (QED) is 0.124. The highest BCUT2D eigenvalue weighted by Gasteiger charge is 2.28. The maximum atomic E-state index is 11.2. The molecule has 0 amide bonds. The number of hydrogen-bond donors (Lipinski definition) is 1. The molecule has 1 N–H and O–H groups in total. The smallest absolute Gasteiger partial charge is 0.144 e. The van der Waals surface area contributed by atoms with Crippen molar-refractivity contribution in [3.8, 4) is 0 Å². The van der Waals surface area contributed by atoms with Crippen molar-refractivity contribution in [3.63, 3.8) is 0 Å². The normalized spacial score (nSPS) is 16.2. The fourth-order valence-corrected chi connectivity index (χ4v) is 4.60. The lowest BCUT2D eigenvalue weighted by molar-refractivity contribution is -0.104. The molecule has 40 heavy (non-hydrogen) atoms. The highest BCUT2D eigenvalue weighted by molar-refractivity contribution is 5.86. The molecule has 2 fully saturated rings. The van der Waals surface area contributed by atoms with Crippen LogP contribution in [0, 0.1) is 13.8 Å². The van der Waals surface area contributed by atoms with Crippen molar-refractivity contribution in [1.29, 1.82) is 0 Å². The van der Waals surface area contributed by atoms with Crippen LogP contribution in [0.2, 0.25) is 0 Å². The first kappa shape index (κ1) is 37.5. The maximum absolute atomic E-state index is 11.2. The van der Waals surface area contributed by atoms with E-state index < -0.39 is 0 Å². The van der Waals surface area contributed by atoms with Crippen LogP contribution in [-0.4, -0.2) is 101 Å². The largest absolute Gasteiger partial charge is 0.388 e. The second kappa shape index (κ2) is 23.2. The molecule has 0 bridgehead atoms. The van der Waals surface area contributed by atoms with Gasteiger partial charge < -0.3 is 24.6 Å². The average molecular weight is 560 g/mol. The van der Waals surface area contributed by atoms with Gasteiger partial charge in [0, 0.05) is 57.4 Å². The van der Waals surface area contributed by atoms with E-state index in [4.69, 9.17) is 9.53 Å². The Morgan fingerprint density at radius 2 is 1.77 bits per heavy atom. The van der Waals surface area contributed by atoms with Crippen LogP contribution in [-0.2, 0) is 14.3 Å². The number of aryl methyl sites for hydroxylation is 2. The SMILES string of the molecule is C/C=N\N(/C(=C/C=O)c1cc(C)c(C)cc1NC)C1CCC1.C=O.CC.COCCCCN1CCCN(C)CC1. The Morgan fingerprint density at radius 1 is 1.10 bits per heavy atom. The van der Waals surface area contributed by atoms with E-state index in [1.54, 1.807) is 19.4 Å². The minimum Gasteiger partial charge on any atom is -0.388 e. The van der Waals surface area contributed by atoms with E-state index in [9.17, 15) is 4.79 Å². The first-order chi connectivity index (χ1) is 19.4. The lowest BCUT2D eigenvalue weighted by Gasteiger charge is -2.37. The number of nitrogens with one attached hydrogen (secondary N) is 1. The van der Waals surface area contributed by atoms with E-state index >= 15 is 0 Å². The number of rotatable bonds is 11. The summed E-state index contributed by atoms with van der Waals surface area (Å²) in [6.45, 7) is 19.2. The zero-order chi connectivity index (χ0) is 30.3. The highest BCUT2D eigenvalue weighted by atomic mass is 16.5. The number of anilines is 1. The minimum absolute atomic E-state index is 0.383. The van der Waals surface area contributed by atoms with E-state index in [-0.39, 0.29) is 0 Å². The molecule has 1 saturated carbocycles. The van der Waals surface area contributed by atoms with Crippen LogP contribution in [0.15, 0.2) is 23.3 Å². The number of carbonyl (C=O) groups excluding carboxylic acids is 2. The van der Waals surface area contributed by atoms with Crippen molar-refractivity contribution in [2.45, 2.75) is 79.2 Å². The molecule has 228 valence electrons. The average Bonchev–Trinajstić information content (AvgIpc) is 3.16. The number of allylic oxidation sites excluding steroid dienone is 1. The Balaban J connectivity index is 0.000000729. The summed E-state index contributed by atoms with van der Waals surface area (Å²) in [7, 11) is 5.90. The van der Waals surface area contributed by atoms with Crippen molar-refractivity contribution >= 4 is 30.7 Å². The highest BCUT2D eigenvalue weighted by Crippen LogP contribution is 2.35. The number of unbranched alkanes of at least 4 members (excludes halogenated alkanes) is 1. The third kappa shape index (κ3) is 13.2. The second-order valence-electron chi connectivity index (χ2n) is 9.92. The Labute approximate surface area is 244 Å². The van der Waals surface area contributed by atoms with Gasteiger partial charge in [0.2, 0.25) is 0 Å². The van der Waals surface area contributed by atoms with E-state index in [1.807, 2.05) is 39.6 Å². The van der Waals surface area contributed by atoms with Crippen molar-refractivity contribution in [2.24, 2.45) is 5.10 Å². The van der Waals surface area contributed by atoms with Gasteiger partial charge in [-0.2, -0.15) is 5.10 Å². The van der Waals surface area contributed by atoms with Gasteiger partial charge >= 0.3 is 0 Å². The summed E-state index contributed by atoms with van der Waals surface area (Å²) in [6, 6.07) is 4.64. The molecule has 1 aliphatic carbocycles. The van der Waals surface area contributed by atoms with Gasteiger partial charge in [-0.1, -0.05) is 13.8 Å². The van der Waals surface area contributed by atoms with Gasteiger partial charge in [0.25, 0.3) is 0 Å². The molecule has 1 saturated heterocycles. The third-order valence-electron chi connectivity index (χ3n) is 7.20. The lowest BCUT2D eigenvalue weighted by atomic mass is 9.91. The Bertz CT molecular complexity index is 870. The molecule has 1 aromatic rings. The summed E-state index contributed by atoms with van der Waals surface area (Å²) in [4.78, 5) is 24.2. The summed E-state index contributed by atoms with van der Waals surface area (Å²) in [5.41, 5.74) is 5.35. The molecule has 8 nitrogen and oxygen atoms in total. The van der Waals surface area contributed by atoms with Crippen LogP contribution in [0.25, 0.3) is 5.70 Å². The van der Waals surface area contributed by atoms with Gasteiger partial charge in [-0.3, -0.25) is 9.80 Å². The van der Waals surface area contributed by atoms with Gasteiger partial charge in [0.15, 0.2) is 0 Å². The topological polar surface area (TPSA) is 77.5 Å². The molecule has 0 aromatic heterocycles. The molecule has 1 aromatic carbocycles. The van der Waals surface area contributed by atoms with Crippen molar-refractivity contribution < 1.29 is 14.3 Å². The summed E-state index contributed by atoms with van der Waals surface area (Å²) >= 11 is 0. The summed E-state index contributed by atoms with van der Waals surface area (Å²) in [6.07, 6.45) is 11.5. The fraction of sp³-hybridized carbons (Fsp3) is 0.656. The number of carbonyl (C=O) groups is 2. The number of nitrogens with zero attached hydrogens (tertiary/aromatic N) is 4. The second-order valence-corrected chi connectivity index (χ2v) is 9.92. The molecular weight excluding hydrogens is 502 g/mol. The molecule has 3 rings (SSSR count). The predicted molar refractivity (Wildman–Crippen MR) is 171 cm³/mol. The first-order valence-corrected chi connectivity index (χ1v) is 14.9. The number of aldehydes is 1. The summed E-state index contributed by atoms with van der Waals surface area (Å²) in [5.74, 6) is 0. The Morgan fingerprint density at radius 3 is 2.33 bits per heavy atom. The fourth-order valence-electron chi connectivity index (χ4n) is 4.60. The lowest BCUT2D eigenvalue weighted by Crippen LogP contribution is -2.35. The van der Waals surface area contributed by atoms with E-state index in [0.717, 1.165) is 42.7 Å². The van der Waals surface area contributed by atoms with E-state index in [2.05, 4.69) is 53.2 Å². The molecule has 8 heteroatoms. The predicted octanol–water partition coefficient (Wildman–Crippen LogP) is 5.64. The summed E-state index contributed by atoms with van der Waals surface area (Å²) < 4.78 is 5.05. The molecule has 0 unspecified atom stereocenters.